The van der Waals surface area contributed by atoms with Crippen LogP contribution in [0, 0.1) is 11.8 Å². The first kappa shape index (κ1) is 37.6. The number of carbonyl (C=O) groups is 3. The van der Waals surface area contributed by atoms with Crippen molar-refractivity contribution in [1.29, 1.82) is 0 Å². The highest BCUT2D eigenvalue weighted by molar-refractivity contribution is 8.01. The van der Waals surface area contributed by atoms with E-state index in [1.807, 2.05) is 24.3 Å². The summed E-state index contributed by atoms with van der Waals surface area (Å²) in [5, 5.41) is 2.35. The number of ketones is 1. The van der Waals surface area contributed by atoms with Crippen molar-refractivity contribution in [3.05, 3.63) is 143 Å². The zero-order valence-electron chi connectivity index (χ0n) is 31.9. The molecule has 4 bridgehead atoms. The molecule has 0 N–H and O–H groups in total. The molecule has 4 saturated heterocycles. The van der Waals surface area contributed by atoms with Gasteiger partial charge in [-0.3, -0.25) is 4.79 Å². The molecule has 0 saturated carbocycles. The lowest BCUT2D eigenvalue weighted by atomic mass is 9.69. The molecule has 5 aliphatic rings. The minimum Gasteiger partial charge on any atom is -0.457 e. The Kier molecular flexibility index (Phi) is 10.1. The van der Waals surface area contributed by atoms with Crippen molar-refractivity contribution in [2.24, 2.45) is 11.8 Å². The van der Waals surface area contributed by atoms with E-state index in [0.29, 0.717) is 49.5 Å². The average molecular weight is 799 g/mol. The highest BCUT2D eigenvalue weighted by Gasteiger charge is 2.58. The van der Waals surface area contributed by atoms with Crippen molar-refractivity contribution in [3.8, 4) is 11.1 Å². The molecule has 4 aromatic carbocycles. The van der Waals surface area contributed by atoms with E-state index < -0.39 is 11.6 Å². The summed E-state index contributed by atoms with van der Waals surface area (Å²) < 4.78 is 12.3. The summed E-state index contributed by atoms with van der Waals surface area (Å²) in [6.07, 6.45) is 7.93. The Morgan fingerprint density at radius 1 is 0.696 bits per heavy atom. The van der Waals surface area contributed by atoms with Crippen LogP contribution in [0.15, 0.2) is 119 Å². The van der Waals surface area contributed by atoms with Gasteiger partial charge in [0, 0.05) is 75.7 Å². The molecule has 56 heavy (non-hydrogen) atoms. The van der Waals surface area contributed by atoms with E-state index >= 15 is 0 Å². The number of thioether (sulfide) groups is 2. The molecular weight excluding hydrogens is 753 g/mol. The molecule has 5 aliphatic heterocycles. The van der Waals surface area contributed by atoms with Crippen LogP contribution in [-0.4, -0.2) is 38.7 Å². The second-order valence-electron chi connectivity index (χ2n) is 16.2. The highest BCUT2D eigenvalue weighted by atomic mass is 32.2. The molecule has 0 aromatic heterocycles. The first-order valence-corrected chi connectivity index (χ1v) is 22.5. The molecule has 5 heterocycles. The van der Waals surface area contributed by atoms with Gasteiger partial charge in [-0.15, -0.1) is 0 Å². The lowest BCUT2D eigenvalue weighted by Gasteiger charge is -2.46. The van der Waals surface area contributed by atoms with Gasteiger partial charge in [-0.25, -0.2) is 9.59 Å². The van der Waals surface area contributed by atoms with Crippen LogP contribution >= 0.6 is 35.3 Å². The van der Waals surface area contributed by atoms with E-state index in [-0.39, 0.29) is 24.3 Å². The number of hydrogen-bond acceptors (Lipinski definition) is 8. The standard InChI is InChI=1S/C48H46O5S3/c1-27(2)46(50)52-26-32-9-5-6-10-36(32)45(49)37-23-29(13-14-31(37)21-33-22-34-16-19-41(33)54-34)30-15-18-39-44(24-30)56-42-12-8-7-11-38(42)48(39,53-47(51)28(3)4)40-25-35-17-20-43(40)55-35/h5-15,18,23-24,33-35,40-41,43H,1,3,16-17,19-22,25-26H2,2,4H3. The lowest BCUT2D eigenvalue weighted by molar-refractivity contribution is -0.158. The Balaban J connectivity index is 1.13. The van der Waals surface area contributed by atoms with E-state index in [1.54, 1.807) is 25.6 Å². The van der Waals surface area contributed by atoms with Crippen LogP contribution in [0.5, 0.6) is 0 Å². The molecule has 4 aromatic rings. The van der Waals surface area contributed by atoms with Crippen molar-refractivity contribution in [2.75, 3.05) is 0 Å². The summed E-state index contributed by atoms with van der Waals surface area (Å²) in [4.78, 5) is 42.9. The summed E-state index contributed by atoms with van der Waals surface area (Å²) in [6.45, 7) is 11.0. The smallest absolute Gasteiger partial charge is 0.334 e. The molecule has 0 spiro atoms. The minimum atomic E-state index is -0.931. The van der Waals surface area contributed by atoms with E-state index in [4.69, 9.17) is 9.47 Å². The first-order chi connectivity index (χ1) is 27.1. The average Bonchev–Trinajstić information content (AvgIpc) is 4.04. The van der Waals surface area contributed by atoms with Crippen molar-refractivity contribution in [2.45, 2.75) is 102 Å². The van der Waals surface area contributed by atoms with Crippen LogP contribution in [-0.2, 0) is 37.7 Å². The fourth-order valence-electron chi connectivity index (χ4n) is 9.77. The number of fused-ring (bicyclic) bond motifs is 6. The zero-order valence-corrected chi connectivity index (χ0v) is 34.3. The largest absolute Gasteiger partial charge is 0.457 e. The maximum absolute atomic E-state index is 14.8. The number of carbonyl (C=O) groups excluding carboxylic acids is 3. The van der Waals surface area contributed by atoms with Crippen LogP contribution in [0.1, 0.15) is 90.5 Å². The topological polar surface area (TPSA) is 69.7 Å². The molecule has 5 nitrogen and oxygen atoms in total. The highest BCUT2D eigenvalue weighted by Crippen LogP contribution is 2.62. The number of hydrogen-bond donors (Lipinski definition) is 0. The van der Waals surface area contributed by atoms with Crippen LogP contribution in [0.4, 0.5) is 0 Å². The first-order valence-electron chi connectivity index (χ1n) is 19.8. The molecule has 0 aliphatic carbocycles. The Morgan fingerprint density at radius 3 is 2.09 bits per heavy atom. The van der Waals surface area contributed by atoms with Gasteiger partial charge in [-0.05, 0) is 99.6 Å². The molecule has 0 amide bonds. The van der Waals surface area contributed by atoms with E-state index in [1.165, 1.54) is 25.7 Å². The molecule has 4 fully saturated rings. The van der Waals surface area contributed by atoms with Gasteiger partial charge in [0.25, 0.3) is 0 Å². The van der Waals surface area contributed by atoms with Gasteiger partial charge in [0.05, 0.1) is 0 Å². The van der Waals surface area contributed by atoms with Gasteiger partial charge in [0.1, 0.15) is 6.61 Å². The second kappa shape index (κ2) is 15.1. The summed E-state index contributed by atoms with van der Waals surface area (Å²) in [5.74, 6) is -0.225. The molecule has 9 rings (SSSR count). The monoisotopic (exact) mass is 798 g/mol. The minimum absolute atomic E-state index is 0.00598. The van der Waals surface area contributed by atoms with E-state index in [2.05, 4.69) is 97.3 Å². The van der Waals surface area contributed by atoms with Crippen LogP contribution < -0.4 is 0 Å². The van der Waals surface area contributed by atoms with Gasteiger partial charge in [0.15, 0.2) is 11.4 Å². The fourth-order valence-corrected chi connectivity index (χ4v) is 14.7. The predicted molar refractivity (Wildman–Crippen MR) is 227 cm³/mol. The van der Waals surface area contributed by atoms with Gasteiger partial charge in [0.2, 0.25) is 0 Å². The molecule has 286 valence electrons. The van der Waals surface area contributed by atoms with Crippen molar-refractivity contribution in [1.82, 2.24) is 0 Å². The number of rotatable bonds is 11. The molecule has 8 heteroatoms. The summed E-state index contributed by atoms with van der Waals surface area (Å²) >= 11 is 5.91. The maximum atomic E-state index is 14.8. The van der Waals surface area contributed by atoms with Crippen LogP contribution in [0.3, 0.4) is 0 Å². The van der Waals surface area contributed by atoms with Gasteiger partial charge >= 0.3 is 11.9 Å². The van der Waals surface area contributed by atoms with Crippen LogP contribution in [0.25, 0.3) is 11.1 Å². The quantitative estimate of drug-likeness (QED) is 0.0844. The normalized spacial score (nSPS) is 26.7. The fraction of sp³-hybridized carbons (Fsp3) is 0.354. The molecular formula is C48H46O5S3. The third-order valence-electron chi connectivity index (χ3n) is 12.5. The molecule has 7 atom stereocenters. The number of benzene rings is 4. The molecule has 7 unspecified atom stereocenters. The summed E-state index contributed by atoms with van der Waals surface area (Å²) in [5.41, 5.74) is 6.77. The van der Waals surface area contributed by atoms with Gasteiger partial charge in [-0.2, -0.15) is 23.5 Å². The third-order valence-corrected chi connectivity index (χ3v) is 17.1. The maximum Gasteiger partial charge on any atom is 0.334 e. The Labute approximate surface area is 342 Å². The number of ether oxygens (including phenoxy) is 2. The summed E-state index contributed by atoms with van der Waals surface area (Å²) in [7, 11) is 0. The Morgan fingerprint density at radius 2 is 1.38 bits per heavy atom. The van der Waals surface area contributed by atoms with Crippen molar-refractivity contribution >= 4 is 53.0 Å². The molecule has 0 radical (unpaired) electrons. The SMILES string of the molecule is C=C(C)C(=O)OCc1ccccc1C(=O)c1cc(-c2ccc3c(c2)Sc2ccccc2C3(OC(=O)C(=C)C)C2CC3CCC2S3)ccc1CC1CC2CCC1S2. The van der Waals surface area contributed by atoms with Crippen molar-refractivity contribution in [3.63, 3.8) is 0 Å². The number of esters is 2. The lowest BCUT2D eigenvalue weighted by Crippen LogP contribution is -2.46. The van der Waals surface area contributed by atoms with E-state index in [9.17, 15) is 14.4 Å². The van der Waals surface area contributed by atoms with Crippen molar-refractivity contribution < 1.29 is 23.9 Å². The third kappa shape index (κ3) is 6.69. The van der Waals surface area contributed by atoms with Crippen LogP contribution in [0.2, 0.25) is 0 Å². The second-order valence-corrected chi connectivity index (χ2v) is 20.4. The van der Waals surface area contributed by atoms with Gasteiger partial charge < -0.3 is 9.47 Å². The Bertz CT molecular complexity index is 2300. The predicted octanol–water partition coefficient (Wildman–Crippen LogP) is 11.1. The summed E-state index contributed by atoms with van der Waals surface area (Å²) in [6, 6.07) is 28.8. The zero-order chi connectivity index (χ0) is 38.7. The van der Waals surface area contributed by atoms with E-state index in [0.717, 1.165) is 62.1 Å². The van der Waals surface area contributed by atoms with Gasteiger partial charge in [-0.1, -0.05) is 91.6 Å². The Hall–Kier alpha value is -3.98.